The van der Waals surface area contributed by atoms with Crippen molar-refractivity contribution in [3.05, 3.63) is 29.6 Å². The quantitative estimate of drug-likeness (QED) is 0.786. The summed E-state index contributed by atoms with van der Waals surface area (Å²) in [6.45, 7) is 3.23. The lowest BCUT2D eigenvalue weighted by Crippen LogP contribution is -2.28. The van der Waals surface area contributed by atoms with Gasteiger partial charge in [-0.05, 0) is 42.0 Å². The Morgan fingerprint density at radius 3 is 2.95 bits per heavy atom. The van der Waals surface area contributed by atoms with E-state index in [0.29, 0.717) is 19.8 Å². The minimum atomic E-state index is -0.535. The number of thiophene rings is 1. The molecule has 5 heteroatoms. The van der Waals surface area contributed by atoms with E-state index < -0.39 is 6.10 Å². The first-order valence-electron chi connectivity index (χ1n) is 6.69. The molecule has 0 saturated carbocycles. The fourth-order valence-corrected chi connectivity index (χ4v) is 2.70. The van der Waals surface area contributed by atoms with Gasteiger partial charge in [-0.15, -0.1) is 11.3 Å². The van der Waals surface area contributed by atoms with Gasteiger partial charge in [-0.3, -0.25) is 0 Å². The molecule has 0 aliphatic rings. The molecule has 1 aromatic heterocycles. The minimum Gasteiger partial charge on any atom is -0.389 e. The van der Waals surface area contributed by atoms with Crippen molar-refractivity contribution in [2.75, 3.05) is 32.2 Å². The lowest BCUT2D eigenvalue weighted by atomic mass is 10.2. The number of rotatable bonds is 8. The summed E-state index contributed by atoms with van der Waals surface area (Å²) in [4.78, 5) is 0. The summed E-state index contributed by atoms with van der Waals surface area (Å²) < 4.78 is 11.7. The van der Waals surface area contributed by atoms with Crippen molar-refractivity contribution in [2.24, 2.45) is 0 Å². The van der Waals surface area contributed by atoms with Crippen LogP contribution in [0.5, 0.6) is 0 Å². The van der Waals surface area contributed by atoms with Gasteiger partial charge in [0.05, 0.1) is 25.4 Å². The van der Waals surface area contributed by atoms with Crippen LogP contribution in [0.3, 0.4) is 0 Å². The van der Waals surface area contributed by atoms with Crippen LogP contribution in [0.2, 0.25) is 0 Å². The molecule has 110 valence electrons. The third-order valence-corrected chi connectivity index (χ3v) is 3.87. The number of hydrogen-bond donors (Lipinski definition) is 2. The summed E-state index contributed by atoms with van der Waals surface area (Å²) in [5.74, 6) is 0. The first-order chi connectivity index (χ1) is 9.69. The van der Waals surface area contributed by atoms with Gasteiger partial charge in [-0.25, -0.2) is 0 Å². The van der Waals surface area contributed by atoms with E-state index in [-0.39, 0.29) is 6.10 Å². The molecular weight excluding hydrogens is 274 g/mol. The van der Waals surface area contributed by atoms with Crippen molar-refractivity contribution in [2.45, 2.75) is 19.1 Å². The first-order valence-corrected chi connectivity index (χ1v) is 7.56. The molecular formula is C15H21NO3S. The number of methoxy groups -OCH3 is 1. The normalized spacial score (nSPS) is 14.3. The summed E-state index contributed by atoms with van der Waals surface area (Å²) in [5.41, 5.74) is 1.01. The predicted octanol–water partition coefficient (Wildman–Crippen LogP) is 2.73. The van der Waals surface area contributed by atoms with Gasteiger partial charge >= 0.3 is 0 Å². The maximum absolute atomic E-state index is 9.87. The highest BCUT2D eigenvalue weighted by Gasteiger charge is 2.08. The molecule has 0 bridgehead atoms. The zero-order valence-electron chi connectivity index (χ0n) is 11.8. The van der Waals surface area contributed by atoms with Crippen molar-refractivity contribution in [3.8, 4) is 0 Å². The molecule has 0 aliphatic heterocycles. The second kappa shape index (κ2) is 7.59. The summed E-state index contributed by atoms with van der Waals surface area (Å²) in [6, 6.07) is 8.30. The zero-order valence-corrected chi connectivity index (χ0v) is 12.7. The largest absolute Gasteiger partial charge is 0.389 e. The Hall–Kier alpha value is -1.14. The molecule has 2 N–H and O–H groups in total. The average molecular weight is 295 g/mol. The minimum absolute atomic E-state index is 0.00296. The number of benzene rings is 1. The van der Waals surface area contributed by atoms with Crippen LogP contribution in [-0.2, 0) is 9.47 Å². The fourth-order valence-electron chi connectivity index (χ4n) is 1.93. The number of aliphatic hydroxyl groups is 1. The van der Waals surface area contributed by atoms with E-state index in [2.05, 4.69) is 28.9 Å². The Morgan fingerprint density at radius 1 is 1.30 bits per heavy atom. The molecule has 0 spiro atoms. The fraction of sp³-hybridized carbons (Fsp3) is 0.467. The summed E-state index contributed by atoms with van der Waals surface area (Å²) in [7, 11) is 1.64. The molecule has 0 amide bonds. The summed E-state index contributed by atoms with van der Waals surface area (Å²) in [6.07, 6.45) is -0.538. The Balaban J connectivity index is 1.76. The lowest BCUT2D eigenvalue weighted by molar-refractivity contribution is -0.0282. The number of ether oxygens (including phenoxy) is 2. The third kappa shape index (κ3) is 4.45. The topological polar surface area (TPSA) is 50.7 Å². The van der Waals surface area contributed by atoms with E-state index in [1.54, 1.807) is 18.4 Å². The van der Waals surface area contributed by atoms with E-state index in [4.69, 9.17) is 9.47 Å². The summed E-state index contributed by atoms with van der Waals surface area (Å²) in [5, 5.41) is 16.4. The Morgan fingerprint density at radius 2 is 2.15 bits per heavy atom. The van der Waals surface area contributed by atoms with Crippen LogP contribution in [0, 0.1) is 0 Å². The van der Waals surface area contributed by atoms with Crippen LogP contribution >= 0.6 is 11.3 Å². The molecule has 1 heterocycles. The van der Waals surface area contributed by atoms with Crippen LogP contribution in [0.4, 0.5) is 5.69 Å². The number of fused-ring (bicyclic) bond motifs is 1. The van der Waals surface area contributed by atoms with Crippen molar-refractivity contribution in [1.82, 2.24) is 0 Å². The van der Waals surface area contributed by atoms with Crippen LogP contribution in [0.1, 0.15) is 6.92 Å². The highest BCUT2D eigenvalue weighted by atomic mass is 32.1. The number of aliphatic hydroxyl groups excluding tert-OH is 1. The monoisotopic (exact) mass is 295 g/mol. The third-order valence-electron chi connectivity index (χ3n) is 2.97. The van der Waals surface area contributed by atoms with E-state index >= 15 is 0 Å². The van der Waals surface area contributed by atoms with Crippen LogP contribution in [0.25, 0.3) is 10.1 Å². The molecule has 2 unspecified atom stereocenters. The Bertz CT molecular complexity index is 529. The highest BCUT2D eigenvalue weighted by Crippen LogP contribution is 2.23. The first kappa shape index (κ1) is 15.3. The van der Waals surface area contributed by atoms with E-state index in [1.807, 2.05) is 13.0 Å². The Labute approximate surface area is 123 Å². The number of nitrogens with one attached hydrogen (secondary N) is 1. The van der Waals surface area contributed by atoms with E-state index in [9.17, 15) is 5.11 Å². The molecule has 2 aromatic rings. The summed E-state index contributed by atoms with van der Waals surface area (Å²) >= 11 is 1.73. The maximum atomic E-state index is 9.87. The van der Waals surface area contributed by atoms with Crippen molar-refractivity contribution >= 4 is 27.1 Å². The van der Waals surface area contributed by atoms with Gasteiger partial charge in [0.15, 0.2) is 0 Å². The molecule has 2 atom stereocenters. The second-order valence-electron chi connectivity index (χ2n) is 4.81. The standard InChI is InChI=1S/C15H21NO3S/c1-11(9-18-2)19-10-14(17)8-16-13-3-4-15-12(7-13)5-6-20-15/h3-7,11,14,16-17H,8-10H2,1-2H3. The van der Waals surface area contributed by atoms with Gasteiger partial charge in [-0.2, -0.15) is 0 Å². The molecule has 0 aliphatic carbocycles. The highest BCUT2D eigenvalue weighted by molar-refractivity contribution is 7.17. The molecule has 1 aromatic carbocycles. The number of anilines is 1. The van der Waals surface area contributed by atoms with Crippen molar-refractivity contribution < 1.29 is 14.6 Å². The van der Waals surface area contributed by atoms with Crippen molar-refractivity contribution in [3.63, 3.8) is 0 Å². The van der Waals surface area contributed by atoms with Gasteiger partial charge in [0.1, 0.15) is 0 Å². The maximum Gasteiger partial charge on any atom is 0.0945 e. The van der Waals surface area contributed by atoms with E-state index in [1.165, 1.54) is 10.1 Å². The van der Waals surface area contributed by atoms with Gasteiger partial charge < -0.3 is 19.9 Å². The van der Waals surface area contributed by atoms with Gasteiger partial charge in [0, 0.05) is 24.0 Å². The average Bonchev–Trinajstić information content (AvgIpc) is 2.90. The van der Waals surface area contributed by atoms with Crippen LogP contribution in [0.15, 0.2) is 29.6 Å². The number of hydrogen-bond acceptors (Lipinski definition) is 5. The van der Waals surface area contributed by atoms with Crippen LogP contribution < -0.4 is 5.32 Å². The van der Waals surface area contributed by atoms with Gasteiger partial charge in [0.2, 0.25) is 0 Å². The molecule has 0 saturated heterocycles. The SMILES string of the molecule is COCC(C)OCC(O)CNc1ccc2sccc2c1. The van der Waals surface area contributed by atoms with E-state index in [0.717, 1.165) is 5.69 Å². The smallest absolute Gasteiger partial charge is 0.0945 e. The molecule has 4 nitrogen and oxygen atoms in total. The van der Waals surface area contributed by atoms with Gasteiger partial charge in [-0.1, -0.05) is 0 Å². The predicted molar refractivity (Wildman–Crippen MR) is 83.6 cm³/mol. The second-order valence-corrected chi connectivity index (χ2v) is 5.75. The van der Waals surface area contributed by atoms with Crippen molar-refractivity contribution in [1.29, 1.82) is 0 Å². The molecule has 0 fully saturated rings. The molecule has 2 rings (SSSR count). The zero-order chi connectivity index (χ0) is 14.4. The molecule has 20 heavy (non-hydrogen) atoms. The molecule has 0 radical (unpaired) electrons. The Kier molecular flexibility index (Phi) is 5.79. The van der Waals surface area contributed by atoms with Gasteiger partial charge in [0.25, 0.3) is 0 Å². The lowest BCUT2D eigenvalue weighted by Gasteiger charge is -2.16. The van der Waals surface area contributed by atoms with Crippen LogP contribution in [-0.4, -0.2) is 44.2 Å².